The maximum Gasteiger partial charge on any atom is 0.129 e. The van der Waals surface area contributed by atoms with Crippen LogP contribution in [0.1, 0.15) is 17.2 Å². The normalized spacial score (nSPS) is 12.2. The molecule has 0 radical (unpaired) electrons. The minimum Gasteiger partial charge on any atom is -0.386 e. The van der Waals surface area contributed by atoms with Crippen LogP contribution < -0.4 is 5.32 Å². The molecule has 20 heavy (non-hydrogen) atoms. The van der Waals surface area contributed by atoms with Gasteiger partial charge in [-0.1, -0.05) is 41.4 Å². The Kier molecular flexibility index (Phi) is 4.86. The van der Waals surface area contributed by atoms with Crippen molar-refractivity contribution in [1.82, 2.24) is 0 Å². The lowest BCUT2D eigenvalue weighted by atomic mass is 10.1. The molecule has 1 unspecified atom stereocenters. The Morgan fingerprint density at radius 2 is 1.90 bits per heavy atom. The van der Waals surface area contributed by atoms with Crippen molar-refractivity contribution in [2.24, 2.45) is 0 Å². The van der Waals surface area contributed by atoms with E-state index in [0.717, 1.165) is 5.56 Å². The Morgan fingerprint density at radius 3 is 2.60 bits per heavy atom. The summed E-state index contributed by atoms with van der Waals surface area (Å²) >= 11 is 12.1. The maximum absolute atomic E-state index is 13.5. The maximum atomic E-state index is 13.5. The van der Waals surface area contributed by atoms with Gasteiger partial charge in [-0.15, -0.1) is 0 Å². The lowest BCUT2D eigenvalue weighted by Crippen LogP contribution is -2.13. The molecule has 0 aliphatic rings. The van der Waals surface area contributed by atoms with Crippen molar-refractivity contribution in [2.45, 2.75) is 13.0 Å². The molecule has 0 amide bonds. The fourth-order valence-corrected chi connectivity index (χ4v) is 2.29. The number of anilines is 1. The van der Waals surface area contributed by atoms with E-state index in [2.05, 4.69) is 5.32 Å². The molecule has 0 bridgehead atoms. The van der Waals surface area contributed by atoms with Gasteiger partial charge >= 0.3 is 0 Å². The molecule has 2 aromatic rings. The van der Waals surface area contributed by atoms with E-state index >= 15 is 0 Å². The van der Waals surface area contributed by atoms with Gasteiger partial charge in [0.1, 0.15) is 5.82 Å². The van der Waals surface area contributed by atoms with Gasteiger partial charge in [0.2, 0.25) is 0 Å². The van der Waals surface area contributed by atoms with Crippen LogP contribution in [0.15, 0.2) is 36.4 Å². The quantitative estimate of drug-likeness (QED) is 0.865. The van der Waals surface area contributed by atoms with Gasteiger partial charge in [0.15, 0.2) is 0 Å². The van der Waals surface area contributed by atoms with Crippen LogP contribution in [0, 0.1) is 12.7 Å². The zero-order valence-corrected chi connectivity index (χ0v) is 12.3. The first-order chi connectivity index (χ1) is 9.49. The summed E-state index contributed by atoms with van der Waals surface area (Å²) in [6.07, 6.45) is -0.965. The molecule has 2 rings (SSSR count). The van der Waals surface area contributed by atoms with Crippen molar-refractivity contribution >= 4 is 28.9 Å². The molecule has 0 aliphatic carbocycles. The van der Waals surface area contributed by atoms with Crippen LogP contribution in [-0.4, -0.2) is 11.7 Å². The van der Waals surface area contributed by atoms with Crippen LogP contribution in [0.25, 0.3) is 0 Å². The van der Waals surface area contributed by atoms with Gasteiger partial charge in [-0.05, 0) is 30.7 Å². The molecule has 2 aromatic carbocycles. The third-order valence-corrected chi connectivity index (χ3v) is 3.72. The third-order valence-electron chi connectivity index (χ3n) is 3.00. The minimum atomic E-state index is -0.965. The molecular weight excluding hydrogens is 300 g/mol. The number of benzene rings is 2. The SMILES string of the molecule is Cc1cc(Cl)c(NCC(O)c2ccccc2F)cc1Cl. The monoisotopic (exact) mass is 313 g/mol. The summed E-state index contributed by atoms with van der Waals surface area (Å²) in [6.45, 7) is 1.99. The van der Waals surface area contributed by atoms with Crippen LogP contribution in [-0.2, 0) is 0 Å². The molecule has 1 atom stereocenters. The van der Waals surface area contributed by atoms with E-state index in [1.807, 2.05) is 6.92 Å². The highest BCUT2D eigenvalue weighted by Crippen LogP contribution is 2.29. The lowest BCUT2D eigenvalue weighted by molar-refractivity contribution is 0.186. The highest BCUT2D eigenvalue weighted by atomic mass is 35.5. The predicted molar refractivity (Wildman–Crippen MR) is 81.0 cm³/mol. The first-order valence-electron chi connectivity index (χ1n) is 6.11. The number of nitrogens with one attached hydrogen (secondary N) is 1. The smallest absolute Gasteiger partial charge is 0.129 e. The molecular formula is C15H14Cl2FNO. The standard InChI is InChI=1S/C15H14Cl2FNO/c1-9-6-12(17)14(7-11(9)16)19-8-15(20)10-4-2-3-5-13(10)18/h2-7,15,19-20H,8H2,1H3. The van der Waals surface area contributed by atoms with Gasteiger partial charge in [0.25, 0.3) is 0 Å². The molecule has 0 spiro atoms. The van der Waals surface area contributed by atoms with Crippen LogP contribution >= 0.6 is 23.2 Å². The second-order valence-corrected chi connectivity index (χ2v) is 5.31. The van der Waals surface area contributed by atoms with Crippen molar-refractivity contribution in [1.29, 1.82) is 0 Å². The molecule has 0 aliphatic heterocycles. The summed E-state index contributed by atoms with van der Waals surface area (Å²) in [7, 11) is 0. The van der Waals surface area contributed by atoms with Gasteiger partial charge in [-0.2, -0.15) is 0 Å². The zero-order valence-electron chi connectivity index (χ0n) is 10.8. The van der Waals surface area contributed by atoms with Crippen molar-refractivity contribution < 1.29 is 9.50 Å². The molecule has 106 valence electrons. The van der Waals surface area contributed by atoms with Gasteiger partial charge in [-0.3, -0.25) is 0 Å². The lowest BCUT2D eigenvalue weighted by Gasteiger charge is -2.15. The minimum absolute atomic E-state index is 0.139. The Bertz CT molecular complexity index is 619. The van der Waals surface area contributed by atoms with Crippen LogP contribution in [0.3, 0.4) is 0 Å². The average molecular weight is 314 g/mol. The molecule has 0 saturated carbocycles. The molecule has 2 nitrogen and oxygen atoms in total. The van der Waals surface area contributed by atoms with Gasteiger partial charge < -0.3 is 10.4 Å². The Balaban J connectivity index is 2.09. The summed E-state index contributed by atoms with van der Waals surface area (Å²) in [4.78, 5) is 0. The summed E-state index contributed by atoms with van der Waals surface area (Å²) in [5.41, 5.74) is 1.73. The number of hydrogen-bond acceptors (Lipinski definition) is 2. The Labute approximate surface area is 127 Å². The Hall–Kier alpha value is -1.29. The first-order valence-corrected chi connectivity index (χ1v) is 6.86. The largest absolute Gasteiger partial charge is 0.386 e. The number of aliphatic hydroxyl groups excluding tert-OH is 1. The first kappa shape index (κ1) is 15.1. The van der Waals surface area contributed by atoms with Crippen molar-refractivity contribution in [2.75, 3.05) is 11.9 Å². The number of aliphatic hydroxyl groups is 1. The fraction of sp³-hybridized carbons (Fsp3) is 0.200. The second kappa shape index (κ2) is 6.44. The third kappa shape index (κ3) is 3.42. The van der Waals surface area contributed by atoms with Gasteiger partial charge in [0, 0.05) is 17.1 Å². The number of hydrogen-bond donors (Lipinski definition) is 2. The van der Waals surface area contributed by atoms with Crippen LogP contribution in [0.4, 0.5) is 10.1 Å². The van der Waals surface area contributed by atoms with E-state index in [4.69, 9.17) is 23.2 Å². The molecule has 2 N–H and O–H groups in total. The van der Waals surface area contributed by atoms with Crippen LogP contribution in [0.5, 0.6) is 0 Å². The number of halogens is 3. The topological polar surface area (TPSA) is 32.3 Å². The summed E-state index contributed by atoms with van der Waals surface area (Å²) in [5.74, 6) is -0.435. The highest BCUT2D eigenvalue weighted by Gasteiger charge is 2.13. The van der Waals surface area contributed by atoms with Gasteiger partial charge in [0.05, 0.1) is 16.8 Å². The molecule has 0 aromatic heterocycles. The summed E-state index contributed by atoms with van der Waals surface area (Å²) < 4.78 is 13.5. The average Bonchev–Trinajstić information content (AvgIpc) is 2.41. The van der Waals surface area contributed by atoms with Crippen molar-refractivity contribution in [3.63, 3.8) is 0 Å². The van der Waals surface area contributed by atoms with E-state index in [-0.39, 0.29) is 12.1 Å². The molecule has 0 heterocycles. The Morgan fingerprint density at radius 1 is 1.20 bits per heavy atom. The molecule has 0 fully saturated rings. The van der Waals surface area contributed by atoms with E-state index in [1.165, 1.54) is 6.07 Å². The van der Waals surface area contributed by atoms with E-state index < -0.39 is 11.9 Å². The fourth-order valence-electron chi connectivity index (χ4n) is 1.84. The predicted octanol–water partition coefficient (Wildman–Crippen LogP) is 4.59. The van der Waals surface area contributed by atoms with E-state index in [9.17, 15) is 9.50 Å². The van der Waals surface area contributed by atoms with E-state index in [1.54, 1.807) is 30.3 Å². The summed E-state index contributed by atoms with van der Waals surface area (Å²) in [5, 5.41) is 14.1. The molecule has 0 saturated heterocycles. The van der Waals surface area contributed by atoms with Gasteiger partial charge in [-0.25, -0.2) is 4.39 Å². The molecule has 5 heteroatoms. The van der Waals surface area contributed by atoms with Crippen molar-refractivity contribution in [3.05, 3.63) is 63.4 Å². The number of aryl methyl sites for hydroxylation is 1. The van der Waals surface area contributed by atoms with Crippen LogP contribution in [0.2, 0.25) is 10.0 Å². The highest BCUT2D eigenvalue weighted by molar-refractivity contribution is 6.35. The van der Waals surface area contributed by atoms with Crippen molar-refractivity contribution in [3.8, 4) is 0 Å². The zero-order chi connectivity index (χ0) is 14.7. The number of rotatable bonds is 4. The summed E-state index contributed by atoms with van der Waals surface area (Å²) in [6, 6.07) is 9.54. The van der Waals surface area contributed by atoms with E-state index in [0.29, 0.717) is 15.7 Å². The second-order valence-electron chi connectivity index (χ2n) is 4.50.